The molecule has 0 aliphatic carbocycles. The number of pyridine rings is 1. The molecular weight excluding hydrogens is 386 g/mol. The SMILES string of the molecule is Cc1cccnc1CN(Cc1ccccc1)S(=O)(=O)c1cnn(C(F)F)c1C. The van der Waals surface area contributed by atoms with Gasteiger partial charge in [-0.25, -0.2) is 13.1 Å². The third-order valence-electron chi connectivity index (χ3n) is 4.45. The van der Waals surface area contributed by atoms with Crippen LogP contribution in [0.25, 0.3) is 0 Å². The van der Waals surface area contributed by atoms with Crippen LogP contribution in [0.4, 0.5) is 8.78 Å². The standard InChI is InChI=1S/C19H20F2N4O2S/c1-14-7-6-10-22-17(14)13-24(12-16-8-4-3-5-9-16)28(26,27)18-11-23-25(15(18)2)19(20)21/h3-11,19H,12-13H2,1-2H3. The fraction of sp³-hybridized carbons (Fsp3) is 0.263. The molecule has 28 heavy (non-hydrogen) atoms. The van der Waals surface area contributed by atoms with Crippen LogP contribution in [0, 0.1) is 13.8 Å². The molecule has 0 N–H and O–H groups in total. The largest absolute Gasteiger partial charge is 0.333 e. The summed E-state index contributed by atoms with van der Waals surface area (Å²) in [7, 11) is -4.08. The summed E-state index contributed by atoms with van der Waals surface area (Å²) in [5, 5.41) is 3.54. The number of hydrogen-bond donors (Lipinski definition) is 0. The van der Waals surface area contributed by atoms with Crippen molar-refractivity contribution in [1.82, 2.24) is 19.1 Å². The van der Waals surface area contributed by atoms with Crippen molar-refractivity contribution < 1.29 is 17.2 Å². The van der Waals surface area contributed by atoms with Gasteiger partial charge in [-0.15, -0.1) is 0 Å². The molecule has 0 radical (unpaired) electrons. The summed E-state index contributed by atoms with van der Waals surface area (Å²) in [6.45, 7) is 0.348. The van der Waals surface area contributed by atoms with Crippen LogP contribution in [0.3, 0.4) is 0 Å². The van der Waals surface area contributed by atoms with Gasteiger partial charge in [0, 0.05) is 12.7 Å². The van der Waals surface area contributed by atoms with Gasteiger partial charge in [0.1, 0.15) is 4.90 Å². The molecule has 9 heteroatoms. The third-order valence-corrected chi connectivity index (χ3v) is 6.34. The lowest BCUT2D eigenvalue weighted by atomic mass is 10.2. The van der Waals surface area contributed by atoms with Crippen LogP contribution in [-0.4, -0.2) is 27.5 Å². The van der Waals surface area contributed by atoms with Gasteiger partial charge in [-0.05, 0) is 31.0 Å². The molecule has 3 aromatic rings. The molecular formula is C19H20F2N4O2S. The minimum atomic E-state index is -4.08. The lowest BCUT2D eigenvalue weighted by Crippen LogP contribution is -2.31. The second-order valence-electron chi connectivity index (χ2n) is 6.34. The van der Waals surface area contributed by atoms with E-state index in [9.17, 15) is 17.2 Å². The smallest absolute Gasteiger partial charge is 0.260 e. The molecule has 3 rings (SSSR count). The van der Waals surface area contributed by atoms with E-state index in [2.05, 4.69) is 10.1 Å². The summed E-state index contributed by atoms with van der Waals surface area (Å²) in [5.41, 5.74) is 2.11. The first kappa shape index (κ1) is 20.1. The Morgan fingerprint density at radius 1 is 1.07 bits per heavy atom. The van der Waals surface area contributed by atoms with Crippen molar-refractivity contribution in [3.63, 3.8) is 0 Å². The van der Waals surface area contributed by atoms with E-state index in [-0.39, 0.29) is 23.7 Å². The zero-order valence-electron chi connectivity index (χ0n) is 15.5. The van der Waals surface area contributed by atoms with Gasteiger partial charge >= 0.3 is 6.55 Å². The van der Waals surface area contributed by atoms with Crippen molar-refractivity contribution >= 4 is 10.0 Å². The monoisotopic (exact) mass is 406 g/mol. The first-order valence-corrected chi connectivity index (χ1v) is 10.0. The molecule has 0 saturated heterocycles. The summed E-state index contributed by atoms with van der Waals surface area (Å²) in [6.07, 6.45) is 2.57. The maximum atomic E-state index is 13.3. The predicted molar refractivity (Wildman–Crippen MR) is 100 cm³/mol. The second-order valence-corrected chi connectivity index (χ2v) is 8.25. The Bertz CT molecular complexity index is 1050. The highest BCUT2D eigenvalue weighted by Crippen LogP contribution is 2.26. The minimum absolute atomic E-state index is 0.0171. The molecule has 2 heterocycles. The van der Waals surface area contributed by atoms with Gasteiger partial charge in [-0.3, -0.25) is 4.98 Å². The lowest BCUT2D eigenvalue weighted by molar-refractivity contribution is 0.0541. The topological polar surface area (TPSA) is 68.1 Å². The Labute approximate surface area is 162 Å². The first-order chi connectivity index (χ1) is 13.3. The van der Waals surface area contributed by atoms with E-state index in [1.807, 2.05) is 43.3 Å². The molecule has 0 fully saturated rings. The van der Waals surface area contributed by atoms with Gasteiger partial charge < -0.3 is 0 Å². The highest BCUT2D eigenvalue weighted by atomic mass is 32.2. The number of sulfonamides is 1. The quantitative estimate of drug-likeness (QED) is 0.600. The molecule has 0 atom stereocenters. The summed E-state index contributed by atoms with van der Waals surface area (Å²) in [6, 6.07) is 12.7. The Morgan fingerprint density at radius 3 is 2.39 bits per heavy atom. The molecule has 1 aromatic carbocycles. The Balaban J connectivity index is 2.03. The highest BCUT2D eigenvalue weighted by Gasteiger charge is 2.30. The molecule has 148 valence electrons. The molecule has 0 aliphatic rings. The normalized spacial score (nSPS) is 12.1. The van der Waals surface area contributed by atoms with Crippen molar-refractivity contribution in [2.45, 2.75) is 38.4 Å². The summed E-state index contributed by atoms with van der Waals surface area (Å²) < 4.78 is 54.4. The van der Waals surface area contributed by atoms with Crippen LogP contribution in [0.2, 0.25) is 0 Å². The van der Waals surface area contributed by atoms with Crippen molar-refractivity contribution in [1.29, 1.82) is 0 Å². The zero-order valence-corrected chi connectivity index (χ0v) is 16.3. The number of halogens is 2. The van der Waals surface area contributed by atoms with E-state index < -0.39 is 16.6 Å². The number of hydrogen-bond acceptors (Lipinski definition) is 4. The molecule has 0 amide bonds. The van der Waals surface area contributed by atoms with Crippen LogP contribution >= 0.6 is 0 Å². The molecule has 0 spiro atoms. The molecule has 0 unspecified atom stereocenters. The van der Waals surface area contributed by atoms with Crippen molar-refractivity contribution in [2.24, 2.45) is 0 Å². The van der Waals surface area contributed by atoms with Crippen molar-refractivity contribution in [3.8, 4) is 0 Å². The van der Waals surface area contributed by atoms with E-state index in [0.717, 1.165) is 17.3 Å². The van der Waals surface area contributed by atoms with E-state index >= 15 is 0 Å². The van der Waals surface area contributed by atoms with Crippen LogP contribution < -0.4 is 0 Å². The average Bonchev–Trinajstić information content (AvgIpc) is 3.06. The number of rotatable bonds is 7. The molecule has 0 aliphatic heterocycles. The summed E-state index contributed by atoms with van der Waals surface area (Å²) >= 11 is 0. The van der Waals surface area contributed by atoms with Gasteiger partial charge in [-0.1, -0.05) is 36.4 Å². The van der Waals surface area contributed by atoms with Crippen molar-refractivity contribution in [3.05, 3.63) is 77.4 Å². The zero-order chi connectivity index (χ0) is 20.3. The van der Waals surface area contributed by atoms with E-state index in [4.69, 9.17) is 0 Å². The van der Waals surface area contributed by atoms with Gasteiger partial charge in [0.2, 0.25) is 10.0 Å². The maximum Gasteiger partial charge on any atom is 0.333 e. The van der Waals surface area contributed by atoms with Gasteiger partial charge in [0.15, 0.2) is 0 Å². The number of nitrogens with zero attached hydrogens (tertiary/aromatic N) is 4. The average molecular weight is 406 g/mol. The maximum absolute atomic E-state index is 13.3. The number of aromatic nitrogens is 3. The molecule has 6 nitrogen and oxygen atoms in total. The van der Waals surface area contributed by atoms with Crippen LogP contribution in [-0.2, 0) is 23.1 Å². The Hall–Kier alpha value is -2.65. The van der Waals surface area contributed by atoms with E-state index in [0.29, 0.717) is 10.4 Å². The van der Waals surface area contributed by atoms with Crippen LogP contribution in [0.15, 0.2) is 59.8 Å². The Kier molecular flexibility index (Phi) is 5.85. The van der Waals surface area contributed by atoms with E-state index in [1.54, 1.807) is 12.3 Å². The molecule has 0 saturated carbocycles. The summed E-state index contributed by atoms with van der Waals surface area (Å²) in [5.74, 6) is 0. The second kappa shape index (κ2) is 8.15. The van der Waals surface area contributed by atoms with Gasteiger partial charge in [0.25, 0.3) is 0 Å². The van der Waals surface area contributed by atoms with Gasteiger partial charge in [-0.2, -0.15) is 18.2 Å². The molecule has 0 bridgehead atoms. The summed E-state index contributed by atoms with van der Waals surface area (Å²) in [4.78, 5) is 4.04. The highest BCUT2D eigenvalue weighted by molar-refractivity contribution is 7.89. The van der Waals surface area contributed by atoms with E-state index in [1.165, 1.54) is 11.2 Å². The third kappa shape index (κ3) is 4.10. The minimum Gasteiger partial charge on any atom is -0.260 e. The number of alkyl halides is 2. The van der Waals surface area contributed by atoms with Crippen LogP contribution in [0.1, 0.15) is 29.1 Å². The van der Waals surface area contributed by atoms with Crippen molar-refractivity contribution in [2.75, 3.05) is 0 Å². The van der Waals surface area contributed by atoms with Crippen LogP contribution in [0.5, 0.6) is 0 Å². The van der Waals surface area contributed by atoms with Gasteiger partial charge in [0.05, 0.1) is 24.1 Å². The first-order valence-electron chi connectivity index (χ1n) is 8.57. The number of aryl methyl sites for hydroxylation is 1. The predicted octanol–water partition coefficient (Wildman–Crippen LogP) is 3.68. The molecule has 2 aromatic heterocycles. The Morgan fingerprint density at radius 2 is 1.79 bits per heavy atom. The fourth-order valence-electron chi connectivity index (χ4n) is 2.86. The fourth-order valence-corrected chi connectivity index (χ4v) is 4.40. The lowest BCUT2D eigenvalue weighted by Gasteiger charge is -2.22. The number of benzene rings is 1.